The number of amides is 1. The van der Waals surface area contributed by atoms with Gasteiger partial charge >= 0.3 is 5.69 Å². The number of primary amides is 1. The predicted molar refractivity (Wildman–Crippen MR) is 53.1 cm³/mol. The minimum atomic E-state index is -0.926. The highest BCUT2D eigenvalue weighted by Gasteiger charge is 2.26. The van der Waals surface area contributed by atoms with Crippen LogP contribution in [0.1, 0.15) is 23.3 Å². The van der Waals surface area contributed by atoms with Crippen LogP contribution in [-0.2, 0) is 0 Å². The van der Waals surface area contributed by atoms with E-state index in [0.29, 0.717) is 5.75 Å². The predicted octanol–water partition coefficient (Wildman–Crippen LogP) is 0.630. The van der Waals surface area contributed by atoms with E-state index in [0.717, 1.165) is 12.8 Å². The fourth-order valence-corrected chi connectivity index (χ4v) is 1.21. The molecule has 1 fully saturated rings. The normalized spacial score (nSPS) is 14.5. The van der Waals surface area contributed by atoms with Crippen LogP contribution in [0, 0.1) is 10.1 Å². The van der Waals surface area contributed by atoms with E-state index >= 15 is 0 Å². The minimum Gasteiger partial charge on any atom is -0.489 e. The Bertz CT molecular complexity index is 456. The maximum absolute atomic E-state index is 10.9. The smallest absolute Gasteiger partial charge is 0.304 e. The van der Waals surface area contributed by atoms with Gasteiger partial charge < -0.3 is 10.5 Å². The van der Waals surface area contributed by atoms with Gasteiger partial charge in [-0.3, -0.25) is 14.9 Å². The van der Waals surface area contributed by atoms with Gasteiger partial charge in [-0.15, -0.1) is 0 Å². The van der Waals surface area contributed by atoms with Crippen molar-refractivity contribution >= 4 is 11.6 Å². The summed E-state index contributed by atoms with van der Waals surface area (Å²) in [6.45, 7) is 0. The molecule has 7 nitrogen and oxygen atoms in total. The number of ether oxygens (including phenoxy) is 1. The van der Waals surface area contributed by atoms with Crippen LogP contribution in [0.2, 0.25) is 0 Å². The SMILES string of the molecule is NC(=O)c1ncc(OC2CC2)cc1[N+](=O)[O-]. The van der Waals surface area contributed by atoms with Crippen LogP contribution >= 0.6 is 0 Å². The van der Waals surface area contributed by atoms with Crippen molar-refractivity contribution < 1.29 is 14.5 Å². The van der Waals surface area contributed by atoms with Crippen LogP contribution in [0.25, 0.3) is 0 Å². The van der Waals surface area contributed by atoms with E-state index in [2.05, 4.69) is 4.98 Å². The highest BCUT2D eigenvalue weighted by atomic mass is 16.6. The van der Waals surface area contributed by atoms with Crippen molar-refractivity contribution in [2.45, 2.75) is 18.9 Å². The second-order valence-electron chi connectivity index (χ2n) is 3.48. The van der Waals surface area contributed by atoms with Crippen molar-refractivity contribution in [3.05, 3.63) is 28.1 Å². The number of nitrogens with two attached hydrogens (primary N) is 1. The van der Waals surface area contributed by atoms with Crippen molar-refractivity contribution in [2.24, 2.45) is 5.73 Å². The molecule has 1 aromatic heterocycles. The summed E-state index contributed by atoms with van der Waals surface area (Å²) < 4.78 is 5.33. The summed E-state index contributed by atoms with van der Waals surface area (Å²) in [6, 6.07) is 1.17. The van der Waals surface area contributed by atoms with Gasteiger partial charge in [0.05, 0.1) is 23.3 Å². The van der Waals surface area contributed by atoms with Gasteiger partial charge in [-0.1, -0.05) is 0 Å². The number of rotatable bonds is 4. The van der Waals surface area contributed by atoms with Crippen LogP contribution < -0.4 is 10.5 Å². The van der Waals surface area contributed by atoms with Crippen LogP contribution in [-0.4, -0.2) is 21.9 Å². The zero-order valence-corrected chi connectivity index (χ0v) is 8.25. The van der Waals surface area contributed by atoms with E-state index in [1.165, 1.54) is 12.3 Å². The van der Waals surface area contributed by atoms with Gasteiger partial charge in [0, 0.05) is 0 Å². The molecular formula is C9H9N3O4. The van der Waals surface area contributed by atoms with Crippen LogP contribution in [0.3, 0.4) is 0 Å². The summed E-state index contributed by atoms with van der Waals surface area (Å²) in [5, 5.41) is 10.7. The Morgan fingerprint density at radius 1 is 1.62 bits per heavy atom. The third kappa shape index (κ3) is 2.08. The molecule has 2 rings (SSSR count). The lowest BCUT2D eigenvalue weighted by atomic mass is 10.3. The molecule has 0 aromatic carbocycles. The lowest BCUT2D eigenvalue weighted by molar-refractivity contribution is -0.385. The first kappa shape index (κ1) is 10.3. The first-order chi connectivity index (χ1) is 7.58. The van der Waals surface area contributed by atoms with E-state index in [-0.39, 0.29) is 11.8 Å². The lowest BCUT2D eigenvalue weighted by Crippen LogP contribution is -2.15. The zero-order chi connectivity index (χ0) is 11.7. The largest absolute Gasteiger partial charge is 0.489 e. The molecule has 1 aliphatic carbocycles. The lowest BCUT2D eigenvalue weighted by Gasteiger charge is -2.04. The fraction of sp³-hybridized carbons (Fsp3) is 0.333. The van der Waals surface area contributed by atoms with Crippen molar-refractivity contribution in [3.63, 3.8) is 0 Å². The summed E-state index contributed by atoms with van der Waals surface area (Å²) in [5.41, 5.74) is 4.19. The molecule has 0 unspecified atom stereocenters. The first-order valence-corrected chi connectivity index (χ1v) is 4.69. The zero-order valence-electron chi connectivity index (χ0n) is 8.25. The number of hydrogen-bond donors (Lipinski definition) is 1. The van der Waals surface area contributed by atoms with Gasteiger partial charge in [0.25, 0.3) is 5.91 Å². The van der Waals surface area contributed by atoms with E-state index in [9.17, 15) is 14.9 Å². The van der Waals surface area contributed by atoms with E-state index in [1.54, 1.807) is 0 Å². The molecule has 0 radical (unpaired) electrons. The molecule has 0 atom stereocenters. The van der Waals surface area contributed by atoms with Crippen molar-refractivity contribution in [1.29, 1.82) is 0 Å². The molecule has 0 aliphatic heterocycles. The quantitative estimate of drug-likeness (QED) is 0.594. The van der Waals surface area contributed by atoms with E-state index in [4.69, 9.17) is 10.5 Å². The topological polar surface area (TPSA) is 108 Å². The van der Waals surface area contributed by atoms with Crippen LogP contribution in [0.4, 0.5) is 5.69 Å². The molecule has 84 valence electrons. The summed E-state index contributed by atoms with van der Waals surface area (Å²) in [4.78, 5) is 24.5. The first-order valence-electron chi connectivity index (χ1n) is 4.69. The van der Waals surface area contributed by atoms with Gasteiger partial charge in [0.15, 0.2) is 0 Å². The number of nitrogens with zero attached hydrogens (tertiary/aromatic N) is 2. The fourth-order valence-electron chi connectivity index (χ4n) is 1.21. The molecule has 0 saturated heterocycles. The van der Waals surface area contributed by atoms with E-state index < -0.39 is 16.5 Å². The number of hydrogen-bond acceptors (Lipinski definition) is 5. The summed E-state index contributed by atoms with van der Waals surface area (Å²) in [6.07, 6.45) is 3.25. The summed E-state index contributed by atoms with van der Waals surface area (Å²) in [5.74, 6) is -0.635. The van der Waals surface area contributed by atoms with Gasteiger partial charge in [-0.2, -0.15) is 0 Å². The Balaban J connectivity index is 2.34. The van der Waals surface area contributed by atoms with Crippen molar-refractivity contribution in [1.82, 2.24) is 4.98 Å². The molecular weight excluding hydrogens is 214 g/mol. The average molecular weight is 223 g/mol. The van der Waals surface area contributed by atoms with Crippen molar-refractivity contribution in [3.8, 4) is 5.75 Å². The van der Waals surface area contributed by atoms with Gasteiger partial charge in [0.1, 0.15) is 5.75 Å². The molecule has 16 heavy (non-hydrogen) atoms. The van der Waals surface area contributed by atoms with Gasteiger partial charge in [0.2, 0.25) is 5.69 Å². The maximum atomic E-state index is 10.9. The Labute approximate surface area is 90.4 Å². The standard InChI is InChI=1S/C9H9N3O4/c10-9(13)8-7(12(14)15)3-6(4-11-8)16-5-1-2-5/h3-5H,1-2H2,(H2,10,13). The minimum absolute atomic E-state index is 0.112. The summed E-state index contributed by atoms with van der Waals surface area (Å²) in [7, 11) is 0. The maximum Gasteiger partial charge on any atom is 0.304 e. The molecule has 7 heteroatoms. The van der Waals surface area contributed by atoms with Crippen LogP contribution in [0.15, 0.2) is 12.3 Å². The number of carbonyl (C=O) groups excluding carboxylic acids is 1. The number of pyridine rings is 1. The second kappa shape index (κ2) is 3.76. The number of carbonyl (C=O) groups is 1. The molecule has 1 saturated carbocycles. The highest BCUT2D eigenvalue weighted by molar-refractivity contribution is 5.94. The molecule has 0 spiro atoms. The molecule has 2 N–H and O–H groups in total. The van der Waals surface area contributed by atoms with Gasteiger partial charge in [-0.05, 0) is 12.8 Å². The molecule has 1 amide bonds. The molecule has 1 aliphatic rings. The Kier molecular flexibility index (Phi) is 2.43. The Morgan fingerprint density at radius 3 is 2.81 bits per heavy atom. The third-order valence-corrected chi connectivity index (χ3v) is 2.10. The molecule has 0 bridgehead atoms. The molecule has 1 heterocycles. The number of nitro groups is 1. The van der Waals surface area contributed by atoms with E-state index in [1.807, 2.05) is 0 Å². The van der Waals surface area contributed by atoms with Gasteiger partial charge in [-0.25, -0.2) is 4.98 Å². The average Bonchev–Trinajstić information content (AvgIpc) is 3.01. The Morgan fingerprint density at radius 2 is 2.31 bits per heavy atom. The molecule has 1 aromatic rings. The second-order valence-corrected chi connectivity index (χ2v) is 3.48. The van der Waals surface area contributed by atoms with Crippen LogP contribution in [0.5, 0.6) is 5.75 Å². The monoisotopic (exact) mass is 223 g/mol. The highest BCUT2D eigenvalue weighted by Crippen LogP contribution is 2.29. The Hall–Kier alpha value is -2.18. The van der Waals surface area contributed by atoms with Crippen molar-refractivity contribution in [2.75, 3.05) is 0 Å². The number of aromatic nitrogens is 1. The third-order valence-electron chi connectivity index (χ3n) is 2.10. The summed E-state index contributed by atoms with van der Waals surface area (Å²) >= 11 is 0.